The average molecular weight is 266 g/mol. The molecule has 1 aliphatic rings. The first-order valence-corrected chi connectivity index (χ1v) is 6.29. The van der Waals surface area contributed by atoms with E-state index in [1.54, 1.807) is 12.4 Å². The van der Waals surface area contributed by atoms with Crippen LogP contribution in [-0.2, 0) is 4.79 Å². The number of rotatable bonds is 3. The van der Waals surface area contributed by atoms with Gasteiger partial charge in [-0.25, -0.2) is 5.43 Å². The number of nitrogens with one attached hydrogen (secondary N) is 1. The Morgan fingerprint density at radius 3 is 2.50 bits per heavy atom. The quantitative estimate of drug-likeness (QED) is 0.878. The third kappa shape index (κ3) is 2.15. The molecular formula is C15H14N4O. The predicted molar refractivity (Wildman–Crippen MR) is 77.3 cm³/mol. The van der Waals surface area contributed by atoms with Gasteiger partial charge in [-0.1, -0.05) is 18.2 Å². The van der Waals surface area contributed by atoms with Crippen molar-refractivity contribution in [2.24, 2.45) is 5.73 Å². The van der Waals surface area contributed by atoms with E-state index in [9.17, 15) is 4.79 Å². The van der Waals surface area contributed by atoms with E-state index in [0.717, 1.165) is 16.9 Å². The number of benzene rings is 1. The fourth-order valence-electron chi connectivity index (χ4n) is 2.27. The molecular weight excluding hydrogens is 252 g/mol. The number of aromatic nitrogens is 1. The Balaban J connectivity index is 2.11. The van der Waals surface area contributed by atoms with Gasteiger partial charge in [0.25, 0.3) is 0 Å². The second-order valence-corrected chi connectivity index (χ2v) is 4.43. The minimum Gasteiger partial charge on any atom is -0.366 e. The van der Waals surface area contributed by atoms with Crippen molar-refractivity contribution in [1.82, 2.24) is 10.4 Å². The number of primary amides is 1. The number of hydrazine groups is 1. The van der Waals surface area contributed by atoms with E-state index in [2.05, 4.69) is 10.4 Å². The number of amides is 1. The summed E-state index contributed by atoms with van der Waals surface area (Å²) < 4.78 is 0. The highest BCUT2D eigenvalue weighted by Gasteiger charge is 2.27. The van der Waals surface area contributed by atoms with E-state index in [-0.39, 0.29) is 0 Å². The van der Waals surface area contributed by atoms with Crippen molar-refractivity contribution in [3.8, 4) is 0 Å². The van der Waals surface area contributed by atoms with E-state index in [1.165, 1.54) is 0 Å². The number of anilines is 1. The molecule has 100 valence electrons. The SMILES string of the molecule is NC(=O)C1=C(c2ccncc2)N(c2ccccc2)NC1. The molecule has 3 N–H and O–H groups in total. The van der Waals surface area contributed by atoms with Crippen LogP contribution >= 0.6 is 0 Å². The Hall–Kier alpha value is -2.66. The smallest absolute Gasteiger partial charge is 0.248 e. The third-order valence-electron chi connectivity index (χ3n) is 3.19. The zero-order valence-electron chi connectivity index (χ0n) is 10.8. The topological polar surface area (TPSA) is 71.2 Å². The molecule has 20 heavy (non-hydrogen) atoms. The zero-order chi connectivity index (χ0) is 13.9. The average Bonchev–Trinajstić information content (AvgIpc) is 2.94. The number of carbonyl (C=O) groups excluding carboxylic acids is 1. The number of nitrogens with two attached hydrogens (primary N) is 1. The van der Waals surface area contributed by atoms with E-state index in [4.69, 9.17) is 5.73 Å². The fraction of sp³-hybridized carbons (Fsp3) is 0.0667. The maximum absolute atomic E-state index is 11.6. The van der Waals surface area contributed by atoms with Gasteiger partial charge in [0.1, 0.15) is 0 Å². The van der Waals surface area contributed by atoms with Crippen LogP contribution in [0.15, 0.2) is 60.4 Å². The molecule has 1 aliphatic heterocycles. The van der Waals surface area contributed by atoms with Gasteiger partial charge >= 0.3 is 0 Å². The Kier molecular flexibility index (Phi) is 3.18. The van der Waals surface area contributed by atoms with Crippen LogP contribution in [-0.4, -0.2) is 17.4 Å². The molecule has 0 spiro atoms. The Morgan fingerprint density at radius 2 is 1.85 bits per heavy atom. The summed E-state index contributed by atoms with van der Waals surface area (Å²) in [6, 6.07) is 13.5. The minimum atomic E-state index is -0.414. The summed E-state index contributed by atoms with van der Waals surface area (Å²) in [5.74, 6) is -0.414. The lowest BCUT2D eigenvalue weighted by Crippen LogP contribution is -2.31. The summed E-state index contributed by atoms with van der Waals surface area (Å²) in [6.07, 6.45) is 3.39. The first-order chi connectivity index (χ1) is 9.77. The highest BCUT2D eigenvalue weighted by Crippen LogP contribution is 2.30. The largest absolute Gasteiger partial charge is 0.366 e. The van der Waals surface area contributed by atoms with Gasteiger partial charge < -0.3 is 5.73 Å². The van der Waals surface area contributed by atoms with Crippen LogP contribution in [0.3, 0.4) is 0 Å². The molecule has 0 radical (unpaired) electrons. The molecule has 0 saturated heterocycles. The molecule has 0 aliphatic carbocycles. The monoisotopic (exact) mass is 266 g/mol. The van der Waals surface area contributed by atoms with Crippen molar-refractivity contribution >= 4 is 17.3 Å². The van der Waals surface area contributed by atoms with Gasteiger partial charge in [0.2, 0.25) is 5.91 Å². The minimum absolute atomic E-state index is 0.414. The number of hydrogen-bond donors (Lipinski definition) is 2. The standard InChI is InChI=1S/C15H14N4O/c16-15(20)13-10-18-19(12-4-2-1-3-5-12)14(13)11-6-8-17-9-7-11/h1-9,18H,10H2,(H2,16,20). The summed E-state index contributed by atoms with van der Waals surface area (Å²) in [4.78, 5) is 15.7. The van der Waals surface area contributed by atoms with Crippen LogP contribution in [0.5, 0.6) is 0 Å². The number of hydrogen-bond acceptors (Lipinski definition) is 4. The van der Waals surface area contributed by atoms with Crippen molar-refractivity contribution in [3.63, 3.8) is 0 Å². The zero-order valence-corrected chi connectivity index (χ0v) is 10.8. The van der Waals surface area contributed by atoms with E-state index in [0.29, 0.717) is 12.1 Å². The van der Waals surface area contributed by atoms with Gasteiger partial charge in [-0.05, 0) is 24.3 Å². The van der Waals surface area contributed by atoms with Crippen LogP contribution in [0.2, 0.25) is 0 Å². The molecule has 2 aromatic rings. The molecule has 1 amide bonds. The van der Waals surface area contributed by atoms with Crippen LogP contribution < -0.4 is 16.2 Å². The van der Waals surface area contributed by atoms with E-state index >= 15 is 0 Å². The summed E-state index contributed by atoms with van der Waals surface area (Å²) in [7, 11) is 0. The van der Waals surface area contributed by atoms with Crippen molar-refractivity contribution in [2.45, 2.75) is 0 Å². The molecule has 0 bridgehead atoms. The van der Waals surface area contributed by atoms with Crippen molar-refractivity contribution in [1.29, 1.82) is 0 Å². The van der Waals surface area contributed by atoms with Gasteiger partial charge in [-0.15, -0.1) is 0 Å². The highest BCUT2D eigenvalue weighted by molar-refractivity contribution is 6.04. The second kappa shape index (κ2) is 5.14. The summed E-state index contributed by atoms with van der Waals surface area (Å²) >= 11 is 0. The van der Waals surface area contributed by atoms with Gasteiger partial charge in [0.05, 0.1) is 17.0 Å². The Bertz CT molecular complexity index is 652. The number of carbonyl (C=O) groups is 1. The van der Waals surface area contributed by atoms with Gasteiger partial charge in [-0.3, -0.25) is 14.8 Å². The molecule has 1 aromatic carbocycles. The van der Waals surface area contributed by atoms with E-state index < -0.39 is 5.91 Å². The van der Waals surface area contributed by atoms with Crippen molar-refractivity contribution in [3.05, 3.63) is 66.0 Å². The number of pyridine rings is 1. The Labute approximate surface area is 116 Å². The first-order valence-electron chi connectivity index (χ1n) is 6.29. The summed E-state index contributed by atoms with van der Waals surface area (Å²) in [6.45, 7) is 0.419. The number of nitrogens with zero attached hydrogens (tertiary/aromatic N) is 2. The van der Waals surface area contributed by atoms with Crippen molar-refractivity contribution in [2.75, 3.05) is 11.6 Å². The van der Waals surface area contributed by atoms with Crippen LogP contribution in [0.4, 0.5) is 5.69 Å². The molecule has 0 saturated carbocycles. The van der Waals surface area contributed by atoms with Gasteiger partial charge in [-0.2, -0.15) is 0 Å². The molecule has 5 nitrogen and oxygen atoms in total. The maximum Gasteiger partial charge on any atom is 0.248 e. The molecule has 0 fully saturated rings. The molecule has 0 atom stereocenters. The van der Waals surface area contributed by atoms with E-state index in [1.807, 2.05) is 47.5 Å². The first kappa shape index (κ1) is 12.4. The molecule has 0 unspecified atom stereocenters. The molecule has 1 aromatic heterocycles. The van der Waals surface area contributed by atoms with Crippen LogP contribution in [0.25, 0.3) is 5.70 Å². The van der Waals surface area contributed by atoms with Crippen molar-refractivity contribution < 1.29 is 4.79 Å². The fourth-order valence-corrected chi connectivity index (χ4v) is 2.27. The van der Waals surface area contributed by atoms with Gasteiger partial charge in [0, 0.05) is 24.5 Å². The second-order valence-electron chi connectivity index (χ2n) is 4.43. The van der Waals surface area contributed by atoms with Crippen LogP contribution in [0, 0.1) is 0 Å². The van der Waals surface area contributed by atoms with Gasteiger partial charge in [0.15, 0.2) is 0 Å². The molecule has 2 heterocycles. The summed E-state index contributed by atoms with van der Waals surface area (Å²) in [5.41, 5.74) is 11.9. The molecule has 3 rings (SSSR count). The van der Waals surface area contributed by atoms with Crippen LogP contribution in [0.1, 0.15) is 5.56 Å². The normalized spacial score (nSPS) is 14.7. The lowest BCUT2D eigenvalue weighted by Gasteiger charge is -2.22. The lowest BCUT2D eigenvalue weighted by molar-refractivity contribution is -0.114. The predicted octanol–water partition coefficient (Wildman–Crippen LogP) is 1.30. The highest BCUT2D eigenvalue weighted by atomic mass is 16.1. The molecule has 5 heteroatoms. The lowest BCUT2D eigenvalue weighted by atomic mass is 10.1. The number of para-hydroxylation sites is 1. The maximum atomic E-state index is 11.6. The Morgan fingerprint density at radius 1 is 1.15 bits per heavy atom. The third-order valence-corrected chi connectivity index (χ3v) is 3.19. The summed E-state index contributed by atoms with van der Waals surface area (Å²) in [5, 5.41) is 1.88.